The van der Waals surface area contributed by atoms with E-state index in [2.05, 4.69) is 23.6 Å². The molecule has 0 aromatic carbocycles. The van der Waals surface area contributed by atoms with Gasteiger partial charge in [-0.25, -0.2) is 0 Å². The predicted octanol–water partition coefficient (Wildman–Crippen LogP) is -0.0319. The fraction of sp³-hybridized carbons (Fsp3) is 1.00. The molecule has 2 atom stereocenters. The van der Waals surface area contributed by atoms with Crippen LogP contribution >= 0.6 is 0 Å². The summed E-state index contributed by atoms with van der Waals surface area (Å²) >= 11 is 0. The van der Waals surface area contributed by atoms with Crippen LogP contribution in [0.3, 0.4) is 0 Å². The SMILES string of the molecule is CC(C)CN1CCN(C(CO)C(C)N)CC1. The van der Waals surface area contributed by atoms with E-state index in [1.54, 1.807) is 0 Å². The molecule has 0 aliphatic carbocycles. The average Bonchev–Trinajstić information content (AvgIpc) is 2.20. The van der Waals surface area contributed by atoms with Crippen molar-refractivity contribution in [2.24, 2.45) is 11.7 Å². The maximum absolute atomic E-state index is 9.32. The van der Waals surface area contributed by atoms with E-state index < -0.39 is 0 Å². The minimum absolute atomic E-state index is 0.0432. The van der Waals surface area contributed by atoms with Crippen LogP contribution in [0.4, 0.5) is 0 Å². The number of rotatable bonds is 5. The Balaban J connectivity index is 2.36. The van der Waals surface area contributed by atoms with Crippen LogP contribution in [-0.4, -0.2) is 66.3 Å². The lowest BCUT2D eigenvalue weighted by molar-refractivity contribution is 0.0522. The summed E-state index contributed by atoms with van der Waals surface area (Å²) < 4.78 is 0. The molecule has 2 unspecified atom stereocenters. The standard InChI is InChI=1S/C12H27N3O/c1-10(2)8-14-4-6-15(7-5-14)12(9-16)11(3)13/h10-12,16H,4-9,13H2,1-3H3. The number of aliphatic hydroxyl groups excluding tert-OH is 1. The molecule has 0 amide bonds. The van der Waals surface area contributed by atoms with Crippen LogP contribution in [-0.2, 0) is 0 Å². The summed E-state index contributed by atoms with van der Waals surface area (Å²) in [4.78, 5) is 4.82. The lowest BCUT2D eigenvalue weighted by atomic mass is 10.1. The van der Waals surface area contributed by atoms with Crippen molar-refractivity contribution in [3.05, 3.63) is 0 Å². The average molecular weight is 229 g/mol. The highest BCUT2D eigenvalue weighted by Gasteiger charge is 2.25. The van der Waals surface area contributed by atoms with Crippen LogP contribution in [0.1, 0.15) is 20.8 Å². The Morgan fingerprint density at radius 3 is 2.06 bits per heavy atom. The third-order valence-corrected chi connectivity index (χ3v) is 3.29. The first kappa shape index (κ1) is 13.9. The number of hydrogen-bond acceptors (Lipinski definition) is 4. The molecule has 1 aliphatic heterocycles. The second-order valence-corrected chi connectivity index (χ2v) is 5.34. The second kappa shape index (κ2) is 6.55. The van der Waals surface area contributed by atoms with Gasteiger partial charge in [0.1, 0.15) is 0 Å². The van der Waals surface area contributed by atoms with Crippen molar-refractivity contribution < 1.29 is 5.11 Å². The summed E-state index contributed by atoms with van der Waals surface area (Å²) in [7, 11) is 0. The zero-order valence-electron chi connectivity index (χ0n) is 10.9. The highest BCUT2D eigenvalue weighted by molar-refractivity contribution is 4.83. The van der Waals surface area contributed by atoms with Crippen LogP contribution in [0.15, 0.2) is 0 Å². The van der Waals surface area contributed by atoms with Gasteiger partial charge in [0.15, 0.2) is 0 Å². The second-order valence-electron chi connectivity index (χ2n) is 5.34. The molecule has 3 N–H and O–H groups in total. The van der Waals surface area contributed by atoms with E-state index in [9.17, 15) is 5.11 Å². The van der Waals surface area contributed by atoms with Gasteiger partial charge in [0.25, 0.3) is 0 Å². The van der Waals surface area contributed by atoms with Gasteiger partial charge in [-0.15, -0.1) is 0 Å². The highest BCUT2D eigenvalue weighted by atomic mass is 16.3. The molecule has 0 saturated carbocycles. The van der Waals surface area contributed by atoms with Gasteiger partial charge >= 0.3 is 0 Å². The number of aliphatic hydroxyl groups is 1. The van der Waals surface area contributed by atoms with Crippen molar-refractivity contribution in [3.8, 4) is 0 Å². The van der Waals surface area contributed by atoms with E-state index in [4.69, 9.17) is 5.73 Å². The summed E-state index contributed by atoms with van der Waals surface area (Å²) in [6, 6.07) is 0.169. The van der Waals surface area contributed by atoms with E-state index >= 15 is 0 Å². The van der Waals surface area contributed by atoms with Gasteiger partial charge in [0, 0.05) is 44.8 Å². The van der Waals surface area contributed by atoms with Crippen molar-refractivity contribution in [1.82, 2.24) is 9.80 Å². The Morgan fingerprint density at radius 2 is 1.69 bits per heavy atom. The number of nitrogens with zero attached hydrogens (tertiary/aromatic N) is 2. The van der Waals surface area contributed by atoms with Crippen LogP contribution < -0.4 is 5.73 Å². The van der Waals surface area contributed by atoms with Crippen molar-refractivity contribution in [2.75, 3.05) is 39.3 Å². The molecule has 4 nitrogen and oxygen atoms in total. The van der Waals surface area contributed by atoms with E-state index in [1.165, 1.54) is 6.54 Å². The van der Waals surface area contributed by atoms with Gasteiger partial charge in [-0.2, -0.15) is 0 Å². The molecule has 1 aliphatic rings. The zero-order valence-corrected chi connectivity index (χ0v) is 10.9. The molecule has 1 rings (SSSR count). The molecule has 0 aromatic rings. The lowest BCUT2D eigenvalue weighted by Crippen LogP contribution is -2.56. The fourth-order valence-electron chi connectivity index (χ4n) is 2.41. The number of nitrogens with two attached hydrogens (primary N) is 1. The molecule has 1 fully saturated rings. The van der Waals surface area contributed by atoms with Gasteiger partial charge < -0.3 is 15.7 Å². The maximum Gasteiger partial charge on any atom is 0.0601 e. The molecule has 1 saturated heterocycles. The minimum Gasteiger partial charge on any atom is -0.395 e. The molecule has 0 spiro atoms. The third-order valence-electron chi connectivity index (χ3n) is 3.29. The predicted molar refractivity (Wildman–Crippen MR) is 67.4 cm³/mol. The van der Waals surface area contributed by atoms with E-state index in [-0.39, 0.29) is 18.7 Å². The number of hydrogen-bond donors (Lipinski definition) is 2. The Morgan fingerprint density at radius 1 is 1.12 bits per heavy atom. The minimum atomic E-state index is 0.0432. The van der Waals surface area contributed by atoms with Crippen LogP contribution in [0.5, 0.6) is 0 Å². The molecule has 96 valence electrons. The molecule has 1 heterocycles. The summed E-state index contributed by atoms with van der Waals surface area (Å²) in [5.41, 5.74) is 5.88. The molecular weight excluding hydrogens is 202 g/mol. The third kappa shape index (κ3) is 4.01. The Labute approximate surface area is 99.4 Å². The zero-order chi connectivity index (χ0) is 12.1. The summed E-state index contributed by atoms with van der Waals surface area (Å²) in [6.07, 6.45) is 0. The molecule has 0 aromatic heterocycles. The van der Waals surface area contributed by atoms with Gasteiger partial charge in [-0.05, 0) is 12.8 Å². The van der Waals surface area contributed by atoms with Crippen LogP contribution in [0.2, 0.25) is 0 Å². The topological polar surface area (TPSA) is 52.7 Å². The molecule has 16 heavy (non-hydrogen) atoms. The largest absolute Gasteiger partial charge is 0.395 e. The number of piperazine rings is 1. The van der Waals surface area contributed by atoms with Crippen molar-refractivity contribution >= 4 is 0 Å². The molecular formula is C12H27N3O. The smallest absolute Gasteiger partial charge is 0.0601 e. The first-order valence-electron chi connectivity index (χ1n) is 6.37. The van der Waals surface area contributed by atoms with Crippen molar-refractivity contribution in [1.29, 1.82) is 0 Å². The van der Waals surface area contributed by atoms with Gasteiger partial charge in [-0.3, -0.25) is 4.90 Å². The normalized spacial score (nSPS) is 23.6. The highest BCUT2D eigenvalue weighted by Crippen LogP contribution is 2.10. The van der Waals surface area contributed by atoms with Crippen molar-refractivity contribution in [2.45, 2.75) is 32.9 Å². The Kier molecular flexibility index (Phi) is 5.69. The monoisotopic (exact) mass is 229 g/mol. The first-order valence-corrected chi connectivity index (χ1v) is 6.37. The Hall–Kier alpha value is -0.160. The molecule has 4 heteroatoms. The quantitative estimate of drug-likeness (QED) is 0.695. The van der Waals surface area contributed by atoms with Gasteiger partial charge in [0.2, 0.25) is 0 Å². The van der Waals surface area contributed by atoms with E-state index in [0.717, 1.165) is 32.1 Å². The molecule has 0 bridgehead atoms. The van der Waals surface area contributed by atoms with Gasteiger partial charge in [0.05, 0.1) is 6.61 Å². The molecule has 0 radical (unpaired) electrons. The van der Waals surface area contributed by atoms with E-state index in [1.807, 2.05) is 6.92 Å². The fourth-order valence-corrected chi connectivity index (χ4v) is 2.41. The van der Waals surface area contributed by atoms with E-state index in [0.29, 0.717) is 0 Å². The van der Waals surface area contributed by atoms with Gasteiger partial charge in [-0.1, -0.05) is 13.8 Å². The lowest BCUT2D eigenvalue weighted by Gasteiger charge is -2.40. The first-order chi connectivity index (χ1) is 7.54. The van der Waals surface area contributed by atoms with Crippen LogP contribution in [0.25, 0.3) is 0 Å². The summed E-state index contributed by atoms with van der Waals surface area (Å²) in [5, 5.41) is 9.32. The summed E-state index contributed by atoms with van der Waals surface area (Å²) in [5.74, 6) is 0.730. The van der Waals surface area contributed by atoms with Crippen LogP contribution in [0, 0.1) is 5.92 Å². The van der Waals surface area contributed by atoms with Crippen molar-refractivity contribution in [3.63, 3.8) is 0 Å². The maximum atomic E-state index is 9.32. The summed E-state index contributed by atoms with van der Waals surface area (Å²) in [6.45, 7) is 12.1. The Bertz CT molecular complexity index is 189.